The van der Waals surface area contributed by atoms with Gasteiger partial charge in [0.05, 0.1) is 10.6 Å². The maximum absolute atomic E-state index is 13.2. The highest BCUT2D eigenvalue weighted by molar-refractivity contribution is 7.89. The highest BCUT2D eigenvalue weighted by atomic mass is 32.2. The van der Waals surface area contributed by atoms with Gasteiger partial charge < -0.3 is 4.90 Å². The Morgan fingerprint density at radius 1 is 0.968 bits per heavy atom. The Balaban J connectivity index is 1.44. The standard InChI is InChI=1S/C23H30N4O3S/c1-19-8-9-20(17-22(19)31(29,30)27-11-5-2-6-12-27)23(28)26-15-13-25(14-16-26)18-21-7-3-4-10-24-21/h3-4,7-10,17H,2,5-6,11-16,18H2,1H3. The lowest BCUT2D eigenvalue weighted by Gasteiger charge is -2.34. The third-order valence-corrected chi connectivity index (χ3v) is 8.18. The van der Waals surface area contributed by atoms with Crippen LogP contribution in [0.3, 0.4) is 0 Å². The fraction of sp³-hybridized carbons (Fsp3) is 0.478. The number of rotatable bonds is 5. The van der Waals surface area contributed by atoms with Crippen LogP contribution < -0.4 is 0 Å². The predicted octanol–water partition coefficient (Wildman–Crippen LogP) is 2.52. The maximum Gasteiger partial charge on any atom is 0.253 e. The molecule has 2 saturated heterocycles. The molecule has 0 aliphatic carbocycles. The van der Waals surface area contributed by atoms with Crippen molar-refractivity contribution in [3.63, 3.8) is 0 Å². The predicted molar refractivity (Wildman–Crippen MR) is 119 cm³/mol. The van der Waals surface area contributed by atoms with Crippen molar-refractivity contribution in [3.8, 4) is 0 Å². The number of carbonyl (C=O) groups excluding carboxylic acids is 1. The van der Waals surface area contributed by atoms with E-state index in [-0.39, 0.29) is 10.8 Å². The van der Waals surface area contributed by atoms with Gasteiger partial charge in [-0.15, -0.1) is 0 Å². The average molecular weight is 443 g/mol. The van der Waals surface area contributed by atoms with Crippen LogP contribution in [-0.2, 0) is 16.6 Å². The van der Waals surface area contributed by atoms with E-state index in [0.717, 1.165) is 44.6 Å². The second kappa shape index (κ2) is 9.46. The fourth-order valence-electron chi connectivity index (χ4n) is 4.27. The summed E-state index contributed by atoms with van der Waals surface area (Å²) in [6, 6.07) is 11.0. The number of aromatic nitrogens is 1. The van der Waals surface area contributed by atoms with E-state index in [1.54, 1.807) is 35.6 Å². The van der Waals surface area contributed by atoms with Gasteiger partial charge in [-0.25, -0.2) is 8.42 Å². The van der Waals surface area contributed by atoms with Crippen LogP contribution in [0, 0.1) is 6.92 Å². The first-order valence-corrected chi connectivity index (χ1v) is 12.4. The summed E-state index contributed by atoms with van der Waals surface area (Å²) in [6.45, 7) is 6.45. The van der Waals surface area contributed by atoms with Crippen molar-refractivity contribution in [1.82, 2.24) is 19.1 Å². The molecule has 2 aliphatic heterocycles. The molecule has 2 aliphatic rings. The van der Waals surface area contributed by atoms with E-state index in [4.69, 9.17) is 0 Å². The number of aryl methyl sites for hydroxylation is 1. The third-order valence-electron chi connectivity index (χ3n) is 6.14. The molecule has 0 unspecified atom stereocenters. The molecule has 1 aromatic heterocycles. The molecule has 8 heteroatoms. The molecule has 0 atom stereocenters. The van der Waals surface area contributed by atoms with Crippen LogP contribution in [-0.4, -0.2) is 72.7 Å². The molecule has 2 fully saturated rings. The van der Waals surface area contributed by atoms with Crippen LogP contribution >= 0.6 is 0 Å². The Morgan fingerprint density at radius 3 is 2.39 bits per heavy atom. The molecular weight excluding hydrogens is 412 g/mol. The number of piperazine rings is 1. The lowest BCUT2D eigenvalue weighted by atomic mass is 10.1. The van der Waals surface area contributed by atoms with Crippen molar-refractivity contribution < 1.29 is 13.2 Å². The zero-order valence-corrected chi connectivity index (χ0v) is 18.9. The van der Waals surface area contributed by atoms with Crippen LogP contribution in [0.1, 0.15) is 40.9 Å². The van der Waals surface area contributed by atoms with Gasteiger partial charge in [0, 0.05) is 57.6 Å². The lowest BCUT2D eigenvalue weighted by Crippen LogP contribution is -2.48. The first kappa shape index (κ1) is 21.9. The van der Waals surface area contributed by atoms with E-state index < -0.39 is 10.0 Å². The number of sulfonamides is 1. The van der Waals surface area contributed by atoms with Gasteiger partial charge in [-0.05, 0) is 49.6 Å². The fourth-order valence-corrected chi connectivity index (χ4v) is 6.04. The molecule has 1 amide bonds. The number of hydrogen-bond acceptors (Lipinski definition) is 5. The normalized spacial score (nSPS) is 18.8. The summed E-state index contributed by atoms with van der Waals surface area (Å²) in [5, 5.41) is 0. The molecule has 0 N–H and O–H groups in total. The van der Waals surface area contributed by atoms with Crippen LogP contribution in [0.5, 0.6) is 0 Å². The van der Waals surface area contributed by atoms with Gasteiger partial charge in [0.1, 0.15) is 0 Å². The summed E-state index contributed by atoms with van der Waals surface area (Å²) in [4.78, 5) is 21.8. The van der Waals surface area contributed by atoms with Crippen molar-refractivity contribution in [3.05, 3.63) is 59.4 Å². The molecule has 1 aromatic carbocycles. The maximum atomic E-state index is 13.2. The smallest absolute Gasteiger partial charge is 0.253 e. The van der Waals surface area contributed by atoms with Gasteiger partial charge in [-0.2, -0.15) is 4.31 Å². The SMILES string of the molecule is Cc1ccc(C(=O)N2CCN(Cc3ccccn3)CC2)cc1S(=O)(=O)N1CCCCC1. The molecule has 0 bridgehead atoms. The Hall–Kier alpha value is -2.29. The van der Waals surface area contributed by atoms with Gasteiger partial charge in [-0.1, -0.05) is 18.6 Å². The molecule has 0 spiro atoms. The van der Waals surface area contributed by atoms with E-state index in [1.165, 1.54) is 0 Å². The molecule has 7 nitrogen and oxygen atoms in total. The largest absolute Gasteiger partial charge is 0.336 e. The third kappa shape index (κ3) is 4.97. The van der Waals surface area contributed by atoms with E-state index >= 15 is 0 Å². The van der Waals surface area contributed by atoms with Gasteiger partial charge in [-0.3, -0.25) is 14.7 Å². The Labute approximate surface area is 184 Å². The Morgan fingerprint density at radius 2 is 1.71 bits per heavy atom. The minimum Gasteiger partial charge on any atom is -0.336 e. The minimum atomic E-state index is -3.58. The monoisotopic (exact) mass is 442 g/mol. The minimum absolute atomic E-state index is 0.104. The molecule has 31 heavy (non-hydrogen) atoms. The summed E-state index contributed by atoms with van der Waals surface area (Å²) in [7, 11) is -3.58. The van der Waals surface area contributed by atoms with E-state index in [2.05, 4.69) is 9.88 Å². The number of piperidine rings is 1. The van der Waals surface area contributed by atoms with E-state index in [1.807, 2.05) is 23.1 Å². The molecular formula is C23H30N4O3S. The van der Waals surface area contributed by atoms with Crippen LogP contribution in [0.4, 0.5) is 0 Å². The molecule has 0 radical (unpaired) electrons. The number of nitrogens with zero attached hydrogens (tertiary/aromatic N) is 4. The molecule has 2 aromatic rings. The van der Waals surface area contributed by atoms with Crippen molar-refractivity contribution in [2.45, 2.75) is 37.6 Å². The lowest BCUT2D eigenvalue weighted by molar-refractivity contribution is 0.0627. The first-order chi connectivity index (χ1) is 14.9. The average Bonchev–Trinajstić information content (AvgIpc) is 2.80. The van der Waals surface area contributed by atoms with Crippen LogP contribution in [0.25, 0.3) is 0 Å². The van der Waals surface area contributed by atoms with Gasteiger partial charge >= 0.3 is 0 Å². The molecule has 3 heterocycles. The molecule has 166 valence electrons. The second-order valence-corrected chi connectivity index (χ2v) is 10.2. The van der Waals surface area contributed by atoms with Crippen molar-refractivity contribution >= 4 is 15.9 Å². The number of carbonyl (C=O) groups is 1. The highest BCUT2D eigenvalue weighted by Crippen LogP contribution is 2.25. The van der Waals surface area contributed by atoms with Gasteiger partial charge in [0.2, 0.25) is 10.0 Å². The second-order valence-electron chi connectivity index (χ2n) is 8.33. The number of hydrogen-bond donors (Lipinski definition) is 0. The Bertz CT molecular complexity index is 1010. The summed E-state index contributed by atoms with van der Waals surface area (Å²) in [5.74, 6) is -0.104. The topological polar surface area (TPSA) is 73.8 Å². The molecule has 0 saturated carbocycles. The van der Waals surface area contributed by atoms with Crippen LogP contribution in [0.2, 0.25) is 0 Å². The van der Waals surface area contributed by atoms with E-state index in [9.17, 15) is 13.2 Å². The summed E-state index contributed by atoms with van der Waals surface area (Å²) < 4.78 is 27.9. The first-order valence-electron chi connectivity index (χ1n) is 11.0. The Kier molecular flexibility index (Phi) is 6.69. The summed E-state index contributed by atoms with van der Waals surface area (Å²) in [5.41, 5.74) is 2.15. The van der Waals surface area contributed by atoms with Crippen molar-refractivity contribution in [1.29, 1.82) is 0 Å². The van der Waals surface area contributed by atoms with Crippen LogP contribution in [0.15, 0.2) is 47.5 Å². The number of pyridine rings is 1. The quantitative estimate of drug-likeness (QED) is 0.711. The van der Waals surface area contributed by atoms with Gasteiger partial charge in [0.25, 0.3) is 5.91 Å². The van der Waals surface area contributed by atoms with Gasteiger partial charge in [0.15, 0.2) is 0 Å². The number of benzene rings is 1. The summed E-state index contributed by atoms with van der Waals surface area (Å²) >= 11 is 0. The highest BCUT2D eigenvalue weighted by Gasteiger charge is 2.29. The zero-order chi connectivity index (χ0) is 21.8. The number of amides is 1. The molecule has 4 rings (SSSR count). The summed E-state index contributed by atoms with van der Waals surface area (Å²) in [6.07, 6.45) is 4.64. The van der Waals surface area contributed by atoms with Crippen molar-refractivity contribution in [2.75, 3.05) is 39.3 Å². The van der Waals surface area contributed by atoms with E-state index in [0.29, 0.717) is 37.3 Å². The van der Waals surface area contributed by atoms with Crippen molar-refractivity contribution in [2.24, 2.45) is 0 Å². The zero-order valence-electron chi connectivity index (χ0n) is 18.0.